The second-order valence-corrected chi connectivity index (χ2v) is 9.49. The van der Waals surface area contributed by atoms with Gasteiger partial charge in [-0.25, -0.2) is 4.68 Å². The number of ether oxygens (including phenoxy) is 2. The Hall–Kier alpha value is -2.65. The van der Waals surface area contributed by atoms with E-state index in [9.17, 15) is 4.79 Å². The lowest BCUT2D eigenvalue weighted by atomic mass is 9.97. The highest BCUT2D eigenvalue weighted by Gasteiger charge is 2.29. The number of nitrogens with zero attached hydrogens (tertiary/aromatic N) is 4. The molecule has 32 heavy (non-hydrogen) atoms. The lowest BCUT2D eigenvalue weighted by Crippen LogP contribution is -2.44. The molecule has 1 N–H and O–H groups in total. The number of aryl methyl sites for hydroxylation is 1. The fourth-order valence-electron chi connectivity index (χ4n) is 4.49. The van der Waals surface area contributed by atoms with Crippen molar-refractivity contribution in [2.75, 3.05) is 38.3 Å². The van der Waals surface area contributed by atoms with Crippen molar-refractivity contribution in [1.82, 2.24) is 20.1 Å². The molecule has 5 rings (SSSR count). The summed E-state index contributed by atoms with van der Waals surface area (Å²) in [6.07, 6.45) is 4.19. The summed E-state index contributed by atoms with van der Waals surface area (Å²) in [4.78, 5) is 20.0. The van der Waals surface area contributed by atoms with Gasteiger partial charge >= 0.3 is 0 Å². The second kappa shape index (κ2) is 9.07. The van der Waals surface area contributed by atoms with Gasteiger partial charge in [-0.15, -0.1) is 0 Å². The van der Waals surface area contributed by atoms with Crippen molar-refractivity contribution in [2.45, 2.75) is 38.7 Å². The number of methoxy groups -OCH3 is 1. The predicted molar refractivity (Wildman–Crippen MR) is 125 cm³/mol. The van der Waals surface area contributed by atoms with Gasteiger partial charge in [0.1, 0.15) is 5.75 Å². The van der Waals surface area contributed by atoms with Crippen LogP contribution in [-0.4, -0.2) is 60.1 Å². The Labute approximate surface area is 191 Å². The van der Waals surface area contributed by atoms with Crippen LogP contribution in [0.1, 0.15) is 31.4 Å². The maximum Gasteiger partial charge on any atom is 0.224 e. The third-order valence-electron chi connectivity index (χ3n) is 6.28. The van der Waals surface area contributed by atoms with Crippen LogP contribution in [0.3, 0.4) is 0 Å². The van der Waals surface area contributed by atoms with Crippen molar-refractivity contribution in [3.63, 3.8) is 0 Å². The Morgan fingerprint density at radius 1 is 1.28 bits per heavy atom. The first-order valence-corrected chi connectivity index (χ1v) is 12.1. The number of hydrogen-bond donors (Lipinski definition) is 1. The Bertz CT molecular complexity index is 1090. The number of amides is 1. The average molecular weight is 456 g/mol. The number of fused-ring (bicyclic) bond motifs is 1. The van der Waals surface area contributed by atoms with Crippen LogP contribution in [0, 0.1) is 12.8 Å². The molecule has 0 unspecified atom stereocenters. The number of piperidine rings is 1. The number of aromatic nitrogens is 3. The van der Waals surface area contributed by atoms with E-state index in [1.54, 1.807) is 18.4 Å². The molecule has 9 heteroatoms. The van der Waals surface area contributed by atoms with Crippen LogP contribution in [0.4, 0.5) is 5.13 Å². The lowest BCUT2D eigenvalue weighted by Gasteiger charge is -2.31. The number of hydrogen-bond acceptors (Lipinski definition) is 7. The van der Waals surface area contributed by atoms with Gasteiger partial charge in [0.15, 0.2) is 10.8 Å². The molecule has 3 aromatic rings. The zero-order valence-corrected chi connectivity index (χ0v) is 19.4. The Morgan fingerprint density at radius 2 is 2.12 bits per heavy atom. The monoisotopic (exact) mass is 455 g/mol. The van der Waals surface area contributed by atoms with E-state index < -0.39 is 0 Å². The van der Waals surface area contributed by atoms with Gasteiger partial charge in [0.05, 0.1) is 35.2 Å². The molecule has 0 saturated carbocycles. The molecule has 1 amide bonds. The second-order valence-electron chi connectivity index (χ2n) is 8.51. The molecule has 170 valence electrons. The number of carbonyl (C=O) groups excluding carboxylic acids is 1. The van der Waals surface area contributed by atoms with E-state index in [0.717, 1.165) is 71.4 Å². The van der Waals surface area contributed by atoms with Crippen molar-refractivity contribution in [2.24, 2.45) is 5.92 Å². The normalized spacial score (nSPS) is 21.2. The summed E-state index contributed by atoms with van der Waals surface area (Å²) >= 11 is 1.66. The van der Waals surface area contributed by atoms with Gasteiger partial charge in [-0.3, -0.25) is 4.79 Å². The van der Waals surface area contributed by atoms with E-state index in [1.165, 1.54) is 0 Å². The van der Waals surface area contributed by atoms with Crippen molar-refractivity contribution in [3.8, 4) is 11.4 Å². The number of carbonyl (C=O) groups is 1. The summed E-state index contributed by atoms with van der Waals surface area (Å²) in [5.41, 5.74) is 2.77. The van der Waals surface area contributed by atoms with Crippen molar-refractivity contribution >= 4 is 32.7 Å². The smallest absolute Gasteiger partial charge is 0.224 e. The van der Waals surface area contributed by atoms with Gasteiger partial charge < -0.3 is 19.7 Å². The maximum absolute atomic E-state index is 12.8. The zero-order valence-electron chi connectivity index (χ0n) is 18.5. The third kappa shape index (κ3) is 4.19. The van der Waals surface area contributed by atoms with E-state index in [1.807, 2.05) is 35.9 Å². The highest BCUT2D eigenvalue weighted by Crippen LogP contribution is 2.34. The fourth-order valence-corrected chi connectivity index (χ4v) is 5.51. The van der Waals surface area contributed by atoms with E-state index in [0.29, 0.717) is 13.1 Å². The summed E-state index contributed by atoms with van der Waals surface area (Å²) < 4.78 is 13.9. The first-order chi connectivity index (χ1) is 15.6. The van der Waals surface area contributed by atoms with Crippen LogP contribution >= 0.6 is 11.3 Å². The molecule has 2 atom stereocenters. The molecule has 2 aliphatic heterocycles. The van der Waals surface area contributed by atoms with Crippen molar-refractivity contribution < 1.29 is 14.3 Å². The first kappa shape index (κ1) is 21.2. The maximum atomic E-state index is 12.8. The van der Waals surface area contributed by atoms with E-state index in [2.05, 4.69) is 10.2 Å². The number of thiazole rings is 1. The molecular formula is C23H29N5O3S. The summed E-state index contributed by atoms with van der Waals surface area (Å²) in [5, 5.41) is 8.76. The molecule has 0 radical (unpaired) electrons. The largest absolute Gasteiger partial charge is 0.497 e. The summed E-state index contributed by atoms with van der Waals surface area (Å²) in [6, 6.07) is 7.82. The van der Waals surface area contributed by atoms with Crippen LogP contribution in [-0.2, 0) is 9.53 Å². The number of benzene rings is 1. The van der Waals surface area contributed by atoms with Gasteiger partial charge in [-0.2, -0.15) is 10.1 Å². The van der Waals surface area contributed by atoms with Gasteiger partial charge in [0.25, 0.3) is 0 Å². The van der Waals surface area contributed by atoms with Crippen LogP contribution in [0.2, 0.25) is 0 Å². The first-order valence-electron chi connectivity index (χ1n) is 11.3. The molecule has 1 aromatic carbocycles. The zero-order chi connectivity index (χ0) is 22.1. The number of anilines is 1. The minimum Gasteiger partial charge on any atom is -0.497 e. The standard InChI is InChI=1S/C23H29N5O3S/c1-15-20-21(28(26-15)17-7-9-18(30-2)10-8-17)25-23(32-20)27-11-3-5-16(14-27)22(29)24-13-19-6-4-12-31-19/h7-10,16,19H,3-6,11-14H2,1-2H3,(H,24,29)/t16-,19+/m1/s1. The van der Waals surface area contributed by atoms with E-state index in [4.69, 9.17) is 19.6 Å². The fraction of sp³-hybridized carbons (Fsp3) is 0.522. The molecule has 0 aliphatic carbocycles. The molecule has 0 spiro atoms. The molecule has 2 fully saturated rings. The highest BCUT2D eigenvalue weighted by atomic mass is 32.1. The molecule has 2 aliphatic rings. The molecule has 4 heterocycles. The minimum absolute atomic E-state index is 0.0173. The molecule has 2 aromatic heterocycles. The highest BCUT2D eigenvalue weighted by molar-refractivity contribution is 7.22. The van der Waals surface area contributed by atoms with Crippen LogP contribution in [0.25, 0.3) is 16.0 Å². The van der Waals surface area contributed by atoms with E-state index in [-0.39, 0.29) is 17.9 Å². The lowest BCUT2D eigenvalue weighted by molar-refractivity contribution is -0.125. The Morgan fingerprint density at radius 3 is 2.88 bits per heavy atom. The average Bonchev–Trinajstić information content (AvgIpc) is 3.56. The van der Waals surface area contributed by atoms with Gasteiger partial charge in [-0.05, 0) is 56.9 Å². The van der Waals surface area contributed by atoms with E-state index >= 15 is 0 Å². The Balaban J connectivity index is 1.32. The minimum atomic E-state index is -0.0173. The number of rotatable bonds is 6. The SMILES string of the molecule is COc1ccc(-n2nc(C)c3sc(N4CCC[C@@H](C(=O)NC[C@@H]5CCCO5)C4)nc32)cc1. The molecule has 8 nitrogen and oxygen atoms in total. The van der Waals surface area contributed by atoms with Crippen molar-refractivity contribution in [1.29, 1.82) is 0 Å². The molecular weight excluding hydrogens is 426 g/mol. The van der Waals surface area contributed by atoms with Crippen LogP contribution in [0.5, 0.6) is 5.75 Å². The number of nitrogens with one attached hydrogen (secondary N) is 1. The van der Waals surface area contributed by atoms with Gasteiger partial charge in [-0.1, -0.05) is 11.3 Å². The third-order valence-corrected chi connectivity index (χ3v) is 7.50. The van der Waals surface area contributed by atoms with Gasteiger partial charge in [0.2, 0.25) is 5.91 Å². The Kier molecular flexibility index (Phi) is 6.01. The van der Waals surface area contributed by atoms with Crippen LogP contribution in [0.15, 0.2) is 24.3 Å². The molecule has 0 bridgehead atoms. The predicted octanol–water partition coefficient (Wildman–Crippen LogP) is 3.31. The van der Waals surface area contributed by atoms with Crippen molar-refractivity contribution in [3.05, 3.63) is 30.0 Å². The van der Waals surface area contributed by atoms with Gasteiger partial charge in [0, 0.05) is 26.2 Å². The topological polar surface area (TPSA) is 81.5 Å². The summed E-state index contributed by atoms with van der Waals surface area (Å²) in [7, 11) is 1.66. The summed E-state index contributed by atoms with van der Waals surface area (Å²) in [5.74, 6) is 0.924. The molecule has 2 saturated heterocycles. The summed E-state index contributed by atoms with van der Waals surface area (Å²) in [6.45, 7) is 5.06. The van der Waals surface area contributed by atoms with Crippen LogP contribution < -0.4 is 15.0 Å². The quantitative estimate of drug-likeness (QED) is 0.614.